The maximum atomic E-state index is 11.2. The normalized spacial score (nSPS) is 24.3. The number of aliphatic hydroxyl groups is 1. The van der Waals surface area contributed by atoms with Crippen LogP contribution in [-0.2, 0) is 9.53 Å². The predicted octanol–water partition coefficient (Wildman–Crippen LogP) is 2.38. The summed E-state index contributed by atoms with van der Waals surface area (Å²) in [5, 5.41) is 9.50. The van der Waals surface area contributed by atoms with Gasteiger partial charge < -0.3 is 9.84 Å². The molecule has 2 rings (SSSR count). The molecule has 1 fully saturated rings. The van der Waals surface area contributed by atoms with Gasteiger partial charge in [0.2, 0.25) is 0 Å². The second-order valence-electron chi connectivity index (χ2n) is 4.84. The number of carbonyl (C=O) groups is 1. The van der Waals surface area contributed by atoms with E-state index in [0.717, 1.165) is 5.56 Å². The predicted molar refractivity (Wildman–Crippen MR) is 70.1 cm³/mol. The summed E-state index contributed by atoms with van der Waals surface area (Å²) in [6.07, 6.45) is 3.48. The molecule has 1 aliphatic heterocycles. The molecule has 18 heavy (non-hydrogen) atoms. The third-order valence-electron chi connectivity index (χ3n) is 3.11. The number of aryl methyl sites for hydroxylation is 2. The molecule has 1 N–H and O–H groups in total. The van der Waals surface area contributed by atoms with Crippen LogP contribution in [0.25, 0.3) is 6.08 Å². The molecule has 1 aromatic rings. The van der Waals surface area contributed by atoms with Crippen molar-refractivity contribution in [2.45, 2.75) is 38.9 Å². The van der Waals surface area contributed by atoms with Gasteiger partial charge in [-0.3, -0.25) is 4.79 Å². The molecule has 0 aromatic heterocycles. The summed E-state index contributed by atoms with van der Waals surface area (Å²) in [5.74, 6) is -0.330. The van der Waals surface area contributed by atoms with Gasteiger partial charge in [0.05, 0.1) is 12.5 Å². The first-order chi connectivity index (χ1) is 8.54. The molecule has 3 heteroatoms. The molecular weight excluding hydrogens is 228 g/mol. The second-order valence-corrected chi connectivity index (χ2v) is 4.84. The first kappa shape index (κ1) is 12.8. The summed E-state index contributed by atoms with van der Waals surface area (Å²) in [7, 11) is 0. The number of cyclic esters (lactones) is 1. The van der Waals surface area contributed by atoms with Crippen molar-refractivity contribution in [1.29, 1.82) is 0 Å². The van der Waals surface area contributed by atoms with Crippen LogP contribution in [0.4, 0.5) is 0 Å². The fourth-order valence-corrected chi connectivity index (χ4v) is 2.15. The fourth-order valence-electron chi connectivity index (χ4n) is 2.15. The minimum atomic E-state index is -0.583. The highest BCUT2D eigenvalue weighted by Crippen LogP contribution is 2.18. The van der Waals surface area contributed by atoms with Gasteiger partial charge in [0, 0.05) is 6.42 Å². The molecule has 3 nitrogen and oxygen atoms in total. The average molecular weight is 246 g/mol. The summed E-state index contributed by atoms with van der Waals surface area (Å²) < 4.78 is 5.16. The number of rotatable bonds is 2. The molecule has 1 heterocycles. The van der Waals surface area contributed by atoms with E-state index >= 15 is 0 Å². The second kappa shape index (κ2) is 5.36. The first-order valence-electron chi connectivity index (χ1n) is 6.17. The Kier molecular flexibility index (Phi) is 3.82. The topological polar surface area (TPSA) is 46.5 Å². The van der Waals surface area contributed by atoms with Gasteiger partial charge in [-0.05, 0) is 31.1 Å². The minimum Gasteiger partial charge on any atom is -0.458 e. The minimum absolute atomic E-state index is 0.105. The number of hydrogen-bond donors (Lipinski definition) is 1. The van der Waals surface area contributed by atoms with E-state index in [0.29, 0.717) is 6.42 Å². The van der Waals surface area contributed by atoms with Crippen molar-refractivity contribution < 1.29 is 14.6 Å². The zero-order chi connectivity index (χ0) is 13.1. The van der Waals surface area contributed by atoms with E-state index in [9.17, 15) is 9.90 Å². The zero-order valence-corrected chi connectivity index (χ0v) is 10.7. The molecule has 1 aliphatic rings. The lowest BCUT2D eigenvalue weighted by Gasteiger charge is -2.23. The maximum absolute atomic E-state index is 11.2. The van der Waals surface area contributed by atoms with Gasteiger partial charge in [0.1, 0.15) is 6.10 Å². The first-order valence-corrected chi connectivity index (χ1v) is 6.17. The van der Waals surface area contributed by atoms with E-state index in [1.54, 1.807) is 0 Å². The maximum Gasteiger partial charge on any atom is 0.309 e. The van der Waals surface area contributed by atoms with E-state index < -0.39 is 6.10 Å². The molecule has 1 aromatic carbocycles. The van der Waals surface area contributed by atoms with Crippen LogP contribution in [0.15, 0.2) is 24.3 Å². The number of carbonyl (C=O) groups excluding carboxylic acids is 1. The van der Waals surface area contributed by atoms with Gasteiger partial charge in [-0.25, -0.2) is 0 Å². The molecule has 0 saturated carbocycles. The summed E-state index contributed by atoms with van der Waals surface area (Å²) >= 11 is 0. The van der Waals surface area contributed by atoms with Gasteiger partial charge in [-0.15, -0.1) is 0 Å². The number of ether oxygens (including phenoxy) is 1. The Bertz CT molecular complexity index is 477. The standard InChI is InChI=1S/C15H18O3/c1-10-3-4-12(11(2)7-10)5-6-14-8-13(16)9-15(17)18-14/h3-7,13-14,16H,8-9H2,1-2H3/b6-5+/t13-,14-/m1/s1. The zero-order valence-electron chi connectivity index (χ0n) is 10.7. The monoisotopic (exact) mass is 246 g/mol. The SMILES string of the molecule is Cc1ccc(/C=C/[C@@H]2C[C@@H](O)CC(=O)O2)c(C)c1. The van der Waals surface area contributed by atoms with E-state index in [4.69, 9.17) is 4.74 Å². The van der Waals surface area contributed by atoms with Gasteiger partial charge in [0.15, 0.2) is 0 Å². The summed E-state index contributed by atoms with van der Waals surface area (Å²) in [6, 6.07) is 6.21. The largest absolute Gasteiger partial charge is 0.458 e. The van der Waals surface area contributed by atoms with Gasteiger partial charge >= 0.3 is 5.97 Å². The van der Waals surface area contributed by atoms with Crippen LogP contribution in [0, 0.1) is 13.8 Å². The molecule has 0 aliphatic carbocycles. The molecule has 0 amide bonds. The third-order valence-corrected chi connectivity index (χ3v) is 3.11. The molecule has 0 spiro atoms. The van der Waals surface area contributed by atoms with E-state index in [-0.39, 0.29) is 18.5 Å². The molecule has 1 saturated heterocycles. The fraction of sp³-hybridized carbons (Fsp3) is 0.400. The number of esters is 1. The van der Waals surface area contributed by atoms with Crippen molar-refractivity contribution in [3.8, 4) is 0 Å². The molecule has 2 atom stereocenters. The van der Waals surface area contributed by atoms with Crippen LogP contribution in [0.3, 0.4) is 0 Å². The highest BCUT2D eigenvalue weighted by atomic mass is 16.5. The highest BCUT2D eigenvalue weighted by molar-refractivity contribution is 5.71. The van der Waals surface area contributed by atoms with Gasteiger partial charge in [-0.2, -0.15) is 0 Å². The number of hydrogen-bond acceptors (Lipinski definition) is 3. The van der Waals surface area contributed by atoms with Crippen molar-refractivity contribution in [2.24, 2.45) is 0 Å². The lowest BCUT2D eigenvalue weighted by Crippen LogP contribution is -2.31. The molecular formula is C15H18O3. The molecule has 0 radical (unpaired) electrons. The summed E-state index contributed by atoms with van der Waals surface area (Å²) in [4.78, 5) is 11.2. The van der Waals surface area contributed by atoms with Crippen molar-refractivity contribution in [3.05, 3.63) is 41.0 Å². The molecule has 0 bridgehead atoms. The van der Waals surface area contributed by atoms with Crippen LogP contribution in [0.1, 0.15) is 29.5 Å². The Morgan fingerprint density at radius 2 is 2.17 bits per heavy atom. The van der Waals surface area contributed by atoms with Gasteiger partial charge in [-0.1, -0.05) is 29.8 Å². The van der Waals surface area contributed by atoms with Crippen molar-refractivity contribution in [1.82, 2.24) is 0 Å². The molecule has 96 valence electrons. The highest BCUT2D eigenvalue weighted by Gasteiger charge is 2.25. The van der Waals surface area contributed by atoms with Crippen LogP contribution < -0.4 is 0 Å². The smallest absolute Gasteiger partial charge is 0.309 e. The Morgan fingerprint density at radius 1 is 1.39 bits per heavy atom. The lowest BCUT2D eigenvalue weighted by molar-refractivity contribution is -0.156. The van der Waals surface area contributed by atoms with E-state index in [2.05, 4.69) is 26.0 Å². The van der Waals surface area contributed by atoms with Crippen molar-refractivity contribution in [3.63, 3.8) is 0 Å². The Balaban J connectivity index is 2.08. The van der Waals surface area contributed by atoms with Crippen LogP contribution in [0.5, 0.6) is 0 Å². The number of aliphatic hydroxyl groups excluding tert-OH is 1. The quantitative estimate of drug-likeness (QED) is 0.815. The Labute approximate surface area is 107 Å². The third kappa shape index (κ3) is 3.20. The summed E-state index contributed by atoms with van der Waals surface area (Å²) in [5.41, 5.74) is 3.52. The Morgan fingerprint density at radius 3 is 2.83 bits per heavy atom. The summed E-state index contributed by atoms with van der Waals surface area (Å²) in [6.45, 7) is 4.11. The Hall–Kier alpha value is -1.61. The van der Waals surface area contributed by atoms with E-state index in [1.807, 2.05) is 18.2 Å². The van der Waals surface area contributed by atoms with Crippen LogP contribution in [0.2, 0.25) is 0 Å². The van der Waals surface area contributed by atoms with Crippen molar-refractivity contribution in [2.75, 3.05) is 0 Å². The number of benzene rings is 1. The van der Waals surface area contributed by atoms with Gasteiger partial charge in [0.25, 0.3) is 0 Å². The lowest BCUT2D eigenvalue weighted by atomic mass is 10.0. The van der Waals surface area contributed by atoms with Crippen molar-refractivity contribution >= 4 is 12.0 Å². The van der Waals surface area contributed by atoms with E-state index in [1.165, 1.54) is 11.1 Å². The average Bonchev–Trinajstić information content (AvgIpc) is 2.26. The molecule has 0 unspecified atom stereocenters. The van der Waals surface area contributed by atoms with Crippen LogP contribution >= 0.6 is 0 Å². The van der Waals surface area contributed by atoms with Crippen LogP contribution in [-0.4, -0.2) is 23.3 Å².